The van der Waals surface area contributed by atoms with Crippen LogP contribution in [0.2, 0.25) is 5.02 Å². The molecule has 1 fully saturated rings. The van der Waals surface area contributed by atoms with Crippen LogP contribution in [0.5, 0.6) is 0 Å². The van der Waals surface area contributed by atoms with Crippen LogP contribution in [0.1, 0.15) is 37.7 Å². The summed E-state index contributed by atoms with van der Waals surface area (Å²) >= 11 is 5.84. The molecule has 20 heavy (non-hydrogen) atoms. The molecule has 0 spiro atoms. The fourth-order valence-corrected chi connectivity index (χ4v) is 5.25. The van der Waals surface area contributed by atoms with Gasteiger partial charge in [-0.05, 0) is 37.6 Å². The standard InChI is InChI=1S/C15H22ClNO2S/c1-17-14-5-3-2-4-6-15(14)20(18,19)11-12-7-9-13(16)10-8-12/h7-10,14-15,17H,2-6,11H2,1H3. The highest BCUT2D eigenvalue weighted by Crippen LogP contribution is 2.26. The fourth-order valence-electron chi connectivity index (χ4n) is 2.95. The number of rotatable bonds is 4. The Morgan fingerprint density at radius 3 is 2.45 bits per heavy atom. The molecule has 0 heterocycles. The smallest absolute Gasteiger partial charge is 0.158 e. The van der Waals surface area contributed by atoms with E-state index in [9.17, 15) is 8.42 Å². The molecule has 2 rings (SSSR count). The molecular formula is C15H22ClNO2S. The zero-order valence-electron chi connectivity index (χ0n) is 11.8. The molecule has 1 aliphatic carbocycles. The highest BCUT2D eigenvalue weighted by molar-refractivity contribution is 7.91. The van der Waals surface area contributed by atoms with Crippen molar-refractivity contribution in [3.8, 4) is 0 Å². The first-order chi connectivity index (χ1) is 9.53. The Labute approximate surface area is 126 Å². The Hall–Kier alpha value is -0.580. The topological polar surface area (TPSA) is 46.2 Å². The molecule has 1 N–H and O–H groups in total. The quantitative estimate of drug-likeness (QED) is 0.868. The number of hydrogen-bond donors (Lipinski definition) is 1. The highest BCUT2D eigenvalue weighted by Gasteiger charge is 2.33. The van der Waals surface area contributed by atoms with Crippen molar-refractivity contribution in [2.75, 3.05) is 7.05 Å². The second-order valence-corrected chi connectivity index (χ2v) is 8.16. The van der Waals surface area contributed by atoms with Crippen molar-refractivity contribution >= 4 is 21.4 Å². The van der Waals surface area contributed by atoms with Crippen LogP contribution >= 0.6 is 11.6 Å². The number of hydrogen-bond acceptors (Lipinski definition) is 3. The van der Waals surface area contributed by atoms with E-state index < -0.39 is 9.84 Å². The van der Waals surface area contributed by atoms with Gasteiger partial charge < -0.3 is 5.32 Å². The maximum absolute atomic E-state index is 12.7. The Morgan fingerprint density at radius 2 is 1.80 bits per heavy atom. The van der Waals surface area contributed by atoms with E-state index in [-0.39, 0.29) is 17.0 Å². The van der Waals surface area contributed by atoms with Gasteiger partial charge in [-0.15, -0.1) is 0 Å². The van der Waals surface area contributed by atoms with E-state index in [0.29, 0.717) is 5.02 Å². The average molecular weight is 316 g/mol. The van der Waals surface area contributed by atoms with Gasteiger partial charge in [0.2, 0.25) is 0 Å². The lowest BCUT2D eigenvalue weighted by Gasteiger charge is -2.24. The van der Waals surface area contributed by atoms with Crippen LogP contribution in [-0.4, -0.2) is 26.8 Å². The minimum atomic E-state index is -3.14. The van der Waals surface area contributed by atoms with E-state index in [1.807, 2.05) is 7.05 Å². The van der Waals surface area contributed by atoms with E-state index >= 15 is 0 Å². The summed E-state index contributed by atoms with van der Waals surface area (Å²) in [5.74, 6) is 0.104. The van der Waals surface area contributed by atoms with E-state index in [0.717, 1.165) is 37.7 Å². The minimum absolute atomic E-state index is 0.0785. The van der Waals surface area contributed by atoms with Gasteiger partial charge in [0.25, 0.3) is 0 Å². The lowest BCUT2D eigenvalue weighted by Crippen LogP contribution is -2.42. The summed E-state index contributed by atoms with van der Waals surface area (Å²) in [6, 6.07) is 7.16. The first-order valence-electron chi connectivity index (χ1n) is 7.16. The monoisotopic (exact) mass is 315 g/mol. The molecule has 2 unspecified atom stereocenters. The van der Waals surface area contributed by atoms with Crippen molar-refractivity contribution in [1.29, 1.82) is 0 Å². The summed E-state index contributed by atoms with van der Waals surface area (Å²) < 4.78 is 25.4. The fraction of sp³-hybridized carbons (Fsp3) is 0.600. The van der Waals surface area contributed by atoms with E-state index in [1.165, 1.54) is 0 Å². The Kier molecular flexibility index (Phi) is 5.47. The molecule has 0 saturated heterocycles. The molecule has 0 aromatic heterocycles. The Balaban J connectivity index is 2.17. The van der Waals surface area contributed by atoms with Crippen molar-refractivity contribution in [2.45, 2.75) is 49.1 Å². The van der Waals surface area contributed by atoms with Gasteiger partial charge in [-0.1, -0.05) is 43.0 Å². The molecule has 1 aromatic rings. The molecular weight excluding hydrogens is 294 g/mol. The predicted molar refractivity (Wildman–Crippen MR) is 83.8 cm³/mol. The summed E-state index contributed by atoms with van der Waals surface area (Å²) in [5.41, 5.74) is 0.813. The maximum Gasteiger partial charge on any atom is 0.158 e. The van der Waals surface area contributed by atoms with E-state index in [2.05, 4.69) is 5.32 Å². The molecule has 2 atom stereocenters. The molecule has 1 saturated carbocycles. The third kappa shape index (κ3) is 3.96. The third-order valence-electron chi connectivity index (χ3n) is 4.07. The van der Waals surface area contributed by atoms with Crippen LogP contribution in [0, 0.1) is 0 Å². The van der Waals surface area contributed by atoms with Gasteiger partial charge in [0.05, 0.1) is 11.0 Å². The van der Waals surface area contributed by atoms with Crippen LogP contribution in [0.3, 0.4) is 0 Å². The Bertz CT molecular complexity index is 527. The predicted octanol–water partition coefficient (Wildman–Crippen LogP) is 3.18. The Morgan fingerprint density at radius 1 is 1.15 bits per heavy atom. The van der Waals surface area contributed by atoms with Crippen molar-refractivity contribution < 1.29 is 8.42 Å². The normalized spacial score (nSPS) is 24.3. The number of benzene rings is 1. The SMILES string of the molecule is CNC1CCCCCC1S(=O)(=O)Cc1ccc(Cl)cc1. The largest absolute Gasteiger partial charge is 0.316 e. The first-order valence-corrected chi connectivity index (χ1v) is 9.25. The van der Waals surface area contributed by atoms with Crippen molar-refractivity contribution in [3.05, 3.63) is 34.9 Å². The molecule has 1 aliphatic rings. The summed E-state index contributed by atoms with van der Waals surface area (Å²) in [5, 5.41) is 3.56. The van der Waals surface area contributed by atoms with Crippen molar-refractivity contribution in [2.24, 2.45) is 0 Å². The number of halogens is 1. The first kappa shape index (κ1) is 15.8. The molecule has 5 heteroatoms. The molecule has 3 nitrogen and oxygen atoms in total. The summed E-state index contributed by atoms with van der Waals surface area (Å²) in [6.45, 7) is 0. The van der Waals surface area contributed by atoms with Crippen LogP contribution < -0.4 is 5.32 Å². The van der Waals surface area contributed by atoms with Gasteiger partial charge in [0.15, 0.2) is 9.84 Å². The number of sulfone groups is 1. The third-order valence-corrected chi connectivity index (χ3v) is 6.54. The highest BCUT2D eigenvalue weighted by atomic mass is 35.5. The molecule has 112 valence electrons. The van der Waals surface area contributed by atoms with Crippen LogP contribution in [0.15, 0.2) is 24.3 Å². The summed E-state index contributed by atoms with van der Waals surface area (Å²) in [7, 11) is -1.28. The number of nitrogens with one attached hydrogen (secondary N) is 1. The van der Waals surface area contributed by atoms with Gasteiger partial charge in [0, 0.05) is 11.1 Å². The summed E-state index contributed by atoms with van der Waals surface area (Å²) in [6.07, 6.45) is 4.95. The van der Waals surface area contributed by atoms with Crippen LogP contribution in [-0.2, 0) is 15.6 Å². The summed E-state index contributed by atoms with van der Waals surface area (Å²) in [4.78, 5) is 0. The van der Waals surface area contributed by atoms with E-state index in [1.54, 1.807) is 24.3 Å². The second-order valence-electron chi connectivity index (χ2n) is 5.51. The maximum atomic E-state index is 12.7. The van der Waals surface area contributed by atoms with Gasteiger partial charge in [-0.25, -0.2) is 8.42 Å². The lowest BCUT2D eigenvalue weighted by molar-refractivity contribution is 0.480. The molecule has 0 aliphatic heterocycles. The zero-order valence-corrected chi connectivity index (χ0v) is 13.4. The average Bonchev–Trinajstić information content (AvgIpc) is 2.66. The van der Waals surface area contributed by atoms with Gasteiger partial charge in [-0.2, -0.15) is 0 Å². The lowest BCUT2D eigenvalue weighted by atomic mass is 10.1. The molecule has 1 aromatic carbocycles. The van der Waals surface area contributed by atoms with Gasteiger partial charge in [0.1, 0.15) is 0 Å². The minimum Gasteiger partial charge on any atom is -0.316 e. The second kappa shape index (κ2) is 6.92. The van der Waals surface area contributed by atoms with Crippen molar-refractivity contribution in [1.82, 2.24) is 5.32 Å². The van der Waals surface area contributed by atoms with Gasteiger partial charge >= 0.3 is 0 Å². The van der Waals surface area contributed by atoms with Crippen LogP contribution in [0.4, 0.5) is 0 Å². The molecule has 0 amide bonds. The van der Waals surface area contributed by atoms with Crippen molar-refractivity contribution in [3.63, 3.8) is 0 Å². The molecule has 0 bridgehead atoms. The van der Waals surface area contributed by atoms with E-state index in [4.69, 9.17) is 11.6 Å². The molecule has 0 radical (unpaired) electrons. The zero-order chi connectivity index (χ0) is 14.6. The van der Waals surface area contributed by atoms with Gasteiger partial charge in [-0.3, -0.25) is 0 Å². The van der Waals surface area contributed by atoms with Crippen LogP contribution in [0.25, 0.3) is 0 Å².